The lowest BCUT2D eigenvalue weighted by Crippen LogP contribution is -2.49. The molecule has 0 spiro atoms. The molecular weight excluding hydrogens is 1290 g/mol. The van der Waals surface area contributed by atoms with Crippen molar-refractivity contribution in [1.82, 2.24) is 0 Å². The van der Waals surface area contributed by atoms with Gasteiger partial charge in [0.05, 0.1) is 25.4 Å². The Kier molecular flexibility index (Phi) is 38.4. The molecule has 0 radical (unpaired) electrons. The molecule has 7 fully saturated rings. The van der Waals surface area contributed by atoms with Gasteiger partial charge in [0.2, 0.25) is 0 Å². The maximum absolute atomic E-state index is 6.20. The van der Waals surface area contributed by atoms with Gasteiger partial charge in [0.15, 0.2) is 34.0 Å². The molecule has 0 saturated heterocycles. The van der Waals surface area contributed by atoms with Gasteiger partial charge in [-0.05, 0) is 267 Å². The van der Waals surface area contributed by atoms with Crippen LogP contribution in [0.1, 0.15) is 311 Å². The molecule has 104 heavy (non-hydrogen) atoms. The first-order valence-corrected chi connectivity index (χ1v) is 41.4. The van der Waals surface area contributed by atoms with E-state index in [-0.39, 0.29) is 0 Å². The normalized spacial score (nSPS) is 20.8. The number of rotatable bonds is 34. The molecule has 7 aliphatic carbocycles. The summed E-state index contributed by atoms with van der Waals surface area (Å²) < 4.78 is 56.2. The molecule has 7 saturated carbocycles. The molecule has 5 unspecified atom stereocenters. The van der Waals surface area contributed by atoms with Crippen molar-refractivity contribution in [3.05, 3.63) is 185 Å². The SMILES string of the molecule is CCC(C)c1ccc(OCOC)cc1.CCC(C)c1ccc(OCOC2C3CC4CC(C3)CC2C4)cc1.CCC(C)c1ccc(OCOC2CCCCC2)cc1.CCC(C)c1ccc(OCOCCC2CCCCC2)cc1.CCC(C)c1ccc(OCOCCc2ccc(C3CCCCC3)cc2)cc1. The minimum Gasteiger partial charge on any atom is -0.468 e. The van der Waals surface area contributed by atoms with E-state index in [2.05, 4.69) is 166 Å². The van der Waals surface area contributed by atoms with E-state index in [0.29, 0.717) is 82.4 Å². The first kappa shape index (κ1) is 83.8. The van der Waals surface area contributed by atoms with Crippen LogP contribution in [-0.4, -0.2) is 66.5 Å². The summed E-state index contributed by atoms with van der Waals surface area (Å²) in [7, 11) is 1.62. The average molecular weight is 1430 g/mol. The fourth-order valence-corrected chi connectivity index (χ4v) is 16.2. The standard InChI is InChI=1S/C25H34O2.C21H30O2.C19H30O2.C17H26O2.C12H18O2/c1-3-20(2)22-13-15-25(16-14-22)27-19-26-18-17-21-9-11-24(12-10-21)23-7-5-4-6-8-23;1-3-14(2)17-4-6-20(7-5-17)22-13-23-21-18-9-15-8-16(11-18)12-19(21)10-15;1-3-16(2)18-9-11-19(12-10-18)21-15-20-14-13-17-7-5-4-6-8-17;1-3-14(2)15-9-11-17(12-10-15)19-13-18-16-7-5-4-6-8-16;1-4-10(2)11-5-7-12(8-6-11)14-9-13-3/h9-16,20,23H,3-8,17-19H2,1-2H3;4-7,14-16,18-19,21H,3,8-13H2,1-2H3;9-12,16-17H,3-8,13-15H2,1-2H3;9-12,14,16H,3-8,13H2,1-2H3;5-8,10H,4,9H2,1-3H3. The molecule has 13 rings (SSSR count). The molecule has 10 heteroatoms. The van der Waals surface area contributed by atoms with E-state index < -0.39 is 0 Å². The molecule has 574 valence electrons. The summed E-state index contributed by atoms with van der Waals surface area (Å²) in [5.74, 6) is 12.8. The van der Waals surface area contributed by atoms with E-state index in [4.69, 9.17) is 47.4 Å². The van der Waals surface area contributed by atoms with Gasteiger partial charge in [0.1, 0.15) is 28.7 Å². The van der Waals surface area contributed by atoms with Crippen molar-refractivity contribution in [3.63, 3.8) is 0 Å². The van der Waals surface area contributed by atoms with Gasteiger partial charge in [0.25, 0.3) is 0 Å². The summed E-state index contributed by atoms with van der Waals surface area (Å²) in [6.07, 6.45) is 36.2. The van der Waals surface area contributed by atoms with Crippen LogP contribution in [0, 0.1) is 29.6 Å². The smallest absolute Gasteiger partial charge is 0.189 e. The Morgan fingerprint density at radius 3 is 1.05 bits per heavy atom. The number of methoxy groups -OCH3 is 1. The first-order valence-electron chi connectivity index (χ1n) is 41.4. The zero-order valence-electron chi connectivity index (χ0n) is 66.5. The van der Waals surface area contributed by atoms with Gasteiger partial charge in [-0.15, -0.1) is 0 Å². The summed E-state index contributed by atoms with van der Waals surface area (Å²) in [5, 5.41) is 0. The van der Waals surface area contributed by atoms with Crippen molar-refractivity contribution < 1.29 is 47.4 Å². The molecule has 0 N–H and O–H groups in total. The molecule has 0 heterocycles. The van der Waals surface area contributed by atoms with Crippen molar-refractivity contribution >= 4 is 0 Å². The van der Waals surface area contributed by atoms with Crippen LogP contribution < -0.4 is 23.7 Å². The Morgan fingerprint density at radius 2 is 0.673 bits per heavy atom. The van der Waals surface area contributed by atoms with Crippen molar-refractivity contribution in [3.8, 4) is 28.7 Å². The summed E-state index contributed by atoms with van der Waals surface area (Å²) in [6.45, 7) is 25.6. The van der Waals surface area contributed by atoms with Gasteiger partial charge in [-0.25, -0.2) is 0 Å². The minimum absolute atomic E-state index is 0.308. The van der Waals surface area contributed by atoms with E-state index in [1.807, 2.05) is 48.5 Å². The van der Waals surface area contributed by atoms with Gasteiger partial charge in [-0.2, -0.15) is 0 Å². The van der Waals surface area contributed by atoms with Crippen LogP contribution in [0.4, 0.5) is 0 Å². The molecule has 0 aromatic heterocycles. The Bertz CT molecular complexity index is 3100. The molecule has 7 aliphatic rings. The highest BCUT2D eigenvalue weighted by molar-refractivity contribution is 5.33. The third kappa shape index (κ3) is 29.4. The Morgan fingerprint density at radius 1 is 0.337 bits per heavy atom. The van der Waals surface area contributed by atoms with Crippen LogP contribution in [-0.2, 0) is 30.1 Å². The van der Waals surface area contributed by atoms with Crippen LogP contribution in [0.2, 0.25) is 0 Å². The van der Waals surface area contributed by atoms with Crippen LogP contribution in [0.25, 0.3) is 0 Å². The van der Waals surface area contributed by atoms with Gasteiger partial charge < -0.3 is 47.4 Å². The number of hydrogen-bond donors (Lipinski definition) is 0. The summed E-state index contributed by atoms with van der Waals surface area (Å²) in [4.78, 5) is 0. The fraction of sp³-hybridized carbons (Fsp3) is 0.617. The predicted molar refractivity (Wildman–Crippen MR) is 429 cm³/mol. The molecule has 6 aromatic carbocycles. The van der Waals surface area contributed by atoms with Crippen molar-refractivity contribution in [2.45, 2.75) is 290 Å². The zero-order valence-corrected chi connectivity index (χ0v) is 66.5. The van der Waals surface area contributed by atoms with Crippen LogP contribution in [0.5, 0.6) is 28.7 Å². The topological polar surface area (TPSA) is 92.3 Å². The molecule has 4 bridgehead atoms. The average Bonchev–Trinajstić information content (AvgIpc) is 0.764. The van der Waals surface area contributed by atoms with Gasteiger partial charge in [0, 0.05) is 7.11 Å². The molecule has 0 amide bonds. The van der Waals surface area contributed by atoms with E-state index in [1.54, 1.807) is 7.11 Å². The maximum atomic E-state index is 6.20. The second kappa shape index (κ2) is 47.7. The Labute approximate surface area is 631 Å². The zero-order chi connectivity index (χ0) is 73.5. The maximum Gasteiger partial charge on any atom is 0.189 e. The fourth-order valence-electron chi connectivity index (χ4n) is 16.2. The van der Waals surface area contributed by atoms with Crippen molar-refractivity contribution in [2.75, 3.05) is 54.3 Å². The van der Waals surface area contributed by atoms with Crippen molar-refractivity contribution in [1.29, 1.82) is 0 Å². The summed E-state index contributed by atoms with van der Waals surface area (Å²) in [6, 6.07) is 51.1. The Hall–Kier alpha value is -5.88. The number of ether oxygens (including phenoxy) is 10. The van der Waals surface area contributed by atoms with Crippen LogP contribution in [0.15, 0.2) is 146 Å². The number of hydrogen-bond acceptors (Lipinski definition) is 10. The van der Waals surface area contributed by atoms with Crippen LogP contribution >= 0.6 is 0 Å². The molecule has 10 nitrogen and oxygen atoms in total. The second-order valence-electron chi connectivity index (χ2n) is 31.4. The highest BCUT2D eigenvalue weighted by atomic mass is 16.7. The van der Waals surface area contributed by atoms with E-state index in [9.17, 15) is 0 Å². The molecule has 0 aliphatic heterocycles. The lowest BCUT2D eigenvalue weighted by atomic mass is 9.55. The van der Waals surface area contributed by atoms with Crippen LogP contribution in [0.3, 0.4) is 0 Å². The largest absolute Gasteiger partial charge is 0.468 e. The van der Waals surface area contributed by atoms with E-state index in [0.717, 1.165) is 90.1 Å². The summed E-state index contributed by atoms with van der Waals surface area (Å²) in [5.41, 5.74) is 9.73. The van der Waals surface area contributed by atoms with E-state index >= 15 is 0 Å². The quantitative estimate of drug-likeness (QED) is 0.0287. The lowest BCUT2D eigenvalue weighted by molar-refractivity contribution is -0.155. The van der Waals surface area contributed by atoms with Gasteiger partial charge in [-0.1, -0.05) is 225 Å². The van der Waals surface area contributed by atoms with Crippen molar-refractivity contribution in [2.24, 2.45) is 29.6 Å². The molecule has 5 atom stereocenters. The number of benzene rings is 6. The minimum atomic E-state index is 0.308. The molecular formula is C94H138O10. The van der Waals surface area contributed by atoms with E-state index in [1.165, 1.54) is 193 Å². The third-order valence-electron chi connectivity index (χ3n) is 24.0. The van der Waals surface area contributed by atoms with Gasteiger partial charge >= 0.3 is 0 Å². The Balaban J connectivity index is 0.000000167. The lowest BCUT2D eigenvalue weighted by Gasteiger charge is -2.53. The monoisotopic (exact) mass is 1430 g/mol. The van der Waals surface area contributed by atoms with Gasteiger partial charge in [-0.3, -0.25) is 0 Å². The highest BCUT2D eigenvalue weighted by Crippen LogP contribution is 2.55. The molecule has 6 aromatic rings. The first-order chi connectivity index (χ1) is 50.8. The second-order valence-corrected chi connectivity index (χ2v) is 31.4. The summed E-state index contributed by atoms with van der Waals surface area (Å²) >= 11 is 0. The highest BCUT2D eigenvalue weighted by Gasteiger charge is 2.49. The third-order valence-corrected chi connectivity index (χ3v) is 24.0. The predicted octanol–water partition coefficient (Wildman–Crippen LogP) is 25.8.